The van der Waals surface area contributed by atoms with E-state index in [0.717, 1.165) is 5.56 Å². The predicted octanol–water partition coefficient (Wildman–Crippen LogP) is 3.95. The molecule has 0 radical (unpaired) electrons. The Hall–Kier alpha value is -1.46. The number of carbonyl (C=O) groups is 1. The van der Waals surface area contributed by atoms with E-state index in [2.05, 4.69) is 4.98 Å². The maximum Gasteiger partial charge on any atom is 0.307 e. The van der Waals surface area contributed by atoms with E-state index in [4.69, 9.17) is 21.1 Å². The lowest BCUT2D eigenvalue weighted by Crippen LogP contribution is -2.11. The average molecular weight is 312 g/mol. The Kier molecular flexibility index (Phi) is 5.09. The molecule has 1 aromatic carbocycles. The molecule has 0 amide bonds. The molecule has 1 heterocycles. The monoisotopic (exact) mass is 311 g/mol. The molecule has 0 spiro atoms. The minimum atomic E-state index is -0.787. The van der Waals surface area contributed by atoms with Crippen LogP contribution in [-0.4, -0.2) is 21.8 Å². The lowest BCUT2D eigenvalue weighted by molar-refractivity contribution is -0.140. The van der Waals surface area contributed by atoms with Gasteiger partial charge in [-0.15, -0.1) is 0 Å². The van der Waals surface area contributed by atoms with Crippen LogP contribution in [-0.2, 0) is 10.5 Å². The fourth-order valence-electron chi connectivity index (χ4n) is 1.55. The predicted molar refractivity (Wildman–Crippen MR) is 79.9 cm³/mol. The fraction of sp³-hybridized carbons (Fsp3) is 0.286. The van der Waals surface area contributed by atoms with Crippen molar-refractivity contribution in [3.63, 3.8) is 0 Å². The van der Waals surface area contributed by atoms with Crippen molar-refractivity contribution in [2.24, 2.45) is 5.92 Å². The molecule has 6 heteroatoms. The second kappa shape index (κ2) is 6.81. The highest BCUT2D eigenvalue weighted by Gasteiger charge is 2.12. The smallest absolute Gasteiger partial charge is 0.307 e. The molecule has 106 valence electrons. The first-order valence-electron chi connectivity index (χ1n) is 6.07. The van der Waals surface area contributed by atoms with Gasteiger partial charge in [0.1, 0.15) is 0 Å². The molecule has 2 aromatic rings. The first-order valence-corrected chi connectivity index (χ1v) is 7.60. The quantitative estimate of drug-likeness (QED) is 0.875. The number of halogens is 1. The highest BCUT2D eigenvalue weighted by atomic mass is 35.5. The van der Waals surface area contributed by atoms with Crippen LogP contribution in [0.15, 0.2) is 34.9 Å². The molecule has 0 aliphatic rings. The van der Waals surface area contributed by atoms with Crippen LogP contribution >= 0.6 is 23.4 Å². The SMILES string of the molecule is CC(CSCc1ncc(-c2cccc(Cl)c2)o1)C(=O)O. The van der Waals surface area contributed by atoms with Gasteiger partial charge in [-0.25, -0.2) is 4.98 Å². The molecule has 0 aliphatic carbocycles. The molecule has 0 aliphatic heterocycles. The van der Waals surface area contributed by atoms with Gasteiger partial charge < -0.3 is 9.52 Å². The summed E-state index contributed by atoms with van der Waals surface area (Å²) in [5, 5.41) is 9.44. The third-order valence-electron chi connectivity index (χ3n) is 2.68. The van der Waals surface area contributed by atoms with Crippen LogP contribution in [0, 0.1) is 5.92 Å². The first-order chi connectivity index (χ1) is 9.56. The topological polar surface area (TPSA) is 63.3 Å². The van der Waals surface area contributed by atoms with Crippen molar-refractivity contribution in [2.75, 3.05) is 5.75 Å². The fourth-order valence-corrected chi connectivity index (χ4v) is 2.66. The minimum absolute atomic E-state index is 0.373. The molecule has 0 fully saturated rings. The van der Waals surface area contributed by atoms with Crippen molar-refractivity contribution in [2.45, 2.75) is 12.7 Å². The number of aromatic nitrogens is 1. The lowest BCUT2D eigenvalue weighted by atomic mass is 10.2. The summed E-state index contributed by atoms with van der Waals surface area (Å²) >= 11 is 7.42. The van der Waals surface area contributed by atoms with E-state index in [1.165, 1.54) is 11.8 Å². The third-order valence-corrected chi connectivity index (χ3v) is 4.10. The van der Waals surface area contributed by atoms with Gasteiger partial charge in [0.25, 0.3) is 0 Å². The molecule has 0 saturated heterocycles. The number of nitrogens with zero attached hydrogens (tertiary/aromatic N) is 1. The maximum atomic E-state index is 10.7. The summed E-state index contributed by atoms with van der Waals surface area (Å²) in [6.07, 6.45) is 1.65. The highest BCUT2D eigenvalue weighted by Crippen LogP contribution is 2.25. The van der Waals surface area contributed by atoms with Gasteiger partial charge in [0.2, 0.25) is 5.89 Å². The molecule has 20 heavy (non-hydrogen) atoms. The summed E-state index contributed by atoms with van der Waals surface area (Å²) in [5.41, 5.74) is 0.875. The molecule has 1 unspecified atom stereocenters. The van der Waals surface area contributed by atoms with Crippen molar-refractivity contribution in [1.29, 1.82) is 0 Å². The Morgan fingerprint density at radius 1 is 1.55 bits per heavy atom. The second-order valence-electron chi connectivity index (χ2n) is 4.38. The number of rotatable bonds is 6. The van der Waals surface area contributed by atoms with E-state index in [1.54, 1.807) is 19.2 Å². The Morgan fingerprint density at radius 2 is 2.35 bits per heavy atom. The summed E-state index contributed by atoms with van der Waals surface area (Å²) in [6.45, 7) is 1.68. The van der Waals surface area contributed by atoms with Gasteiger partial charge in [-0.3, -0.25) is 4.79 Å². The summed E-state index contributed by atoms with van der Waals surface area (Å²) in [7, 11) is 0. The average Bonchev–Trinajstić information content (AvgIpc) is 2.87. The number of carboxylic acid groups (broad SMARTS) is 1. The number of hydrogen-bond acceptors (Lipinski definition) is 4. The van der Waals surface area contributed by atoms with E-state index in [9.17, 15) is 4.79 Å². The van der Waals surface area contributed by atoms with Gasteiger partial charge in [-0.2, -0.15) is 11.8 Å². The summed E-state index contributed by atoms with van der Waals surface area (Å²) < 4.78 is 5.63. The Morgan fingerprint density at radius 3 is 3.05 bits per heavy atom. The van der Waals surface area contributed by atoms with Crippen molar-refractivity contribution in [1.82, 2.24) is 4.98 Å². The molecule has 2 rings (SSSR count). The molecule has 1 atom stereocenters. The van der Waals surface area contributed by atoms with Crippen LogP contribution in [0.25, 0.3) is 11.3 Å². The van der Waals surface area contributed by atoms with Crippen LogP contribution < -0.4 is 0 Å². The number of carboxylic acids is 1. The van der Waals surface area contributed by atoms with Gasteiger partial charge in [-0.1, -0.05) is 30.7 Å². The van der Waals surface area contributed by atoms with Crippen molar-refractivity contribution < 1.29 is 14.3 Å². The van der Waals surface area contributed by atoms with Crippen LogP contribution in [0.3, 0.4) is 0 Å². The summed E-state index contributed by atoms with van der Waals surface area (Å²) in [6, 6.07) is 7.36. The zero-order chi connectivity index (χ0) is 14.5. The molecular weight excluding hydrogens is 298 g/mol. The Labute approximate surface area is 126 Å². The van der Waals surface area contributed by atoms with Gasteiger partial charge in [0, 0.05) is 16.3 Å². The van der Waals surface area contributed by atoms with Crippen LogP contribution in [0.2, 0.25) is 5.02 Å². The van der Waals surface area contributed by atoms with Crippen molar-refractivity contribution in [3.05, 3.63) is 41.4 Å². The van der Waals surface area contributed by atoms with E-state index in [0.29, 0.717) is 28.2 Å². The molecule has 0 bridgehead atoms. The number of oxazole rings is 1. The van der Waals surface area contributed by atoms with Crippen LogP contribution in [0.4, 0.5) is 0 Å². The Bertz CT molecular complexity index is 600. The van der Waals surface area contributed by atoms with Crippen molar-refractivity contribution >= 4 is 29.3 Å². The highest BCUT2D eigenvalue weighted by molar-refractivity contribution is 7.98. The third kappa shape index (κ3) is 4.02. The second-order valence-corrected chi connectivity index (χ2v) is 5.85. The van der Waals surface area contributed by atoms with E-state index < -0.39 is 5.97 Å². The van der Waals surface area contributed by atoms with Gasteiger partial charge >= 0.3 is 5.97 Å². The van der Waals surface area contributed by atoms with E-state index in [1.807, 2.05) is 18.2 Å². The molecule has 1 N–H and O–H groups in total. The van der Waals surface area contributed by atoms with Gasteiger partial charge in [0.15, 0.2) is 5.76 Å². The molecule has 4 nitrogen and oxygen atoms in total. The summed E-state index contributed by atoms with van der Waals surface area (Å²) in [4.78, 5) is 14.9. The normalized spacial score (nSPS) is 12.3. The van der Waals surface area contributed by atoms with E-state index >= 15 is 0 Å². The van der Waals surface area contributed by atoms with E-state index in [-0.39, 0.29) is 5.92 Å². The standard InChI is InChI=1S/C14H14ClNO3S/c1-9(14(17)18)7-20-8-13-16-6-12(19-13)10-3-2-4-11(15)5-10/h2-6,9H,7-8H2,1H3,(H,17,18). The molecule has 0 saturated carbocycles. The number of thioether (sulfide) groups is 1. The minimum Gasteiger partial charge on any atom is -0.481 e. The zero-order valence-electron chi connectivity index (χ0n) is 10.9. The van der Waals surface area contributed by atoms with Crippen LogP contribution in [0.5, 0.6) is 0 Å². The largest absolute Gasteiger partial charge is 0.481 e. The van der Waals surface area contributed by atoms with Crippen LogP contribution in [0.1, 0.15) is 12.8 Å². The van der Waals surface area contributed by atoms with Crippen molar-refractivity contribution in [3.8, 4) is 11.3 Å². The zero-order valence-corrected chi connectivity index (χ0v) is 12.4. The number of hydrogen-bond donors (Lipinski definition) is 1. The molecular formula is C14H14ClNO3S. The lowest BCUT2D eigenvalue weighted by Gasteiger charge is -2.03. The van der Waals surface area contributed by atoms with Gasteiger partial charge in [0.05, 0.1) is 17.9 Å². The molecule has 1 aromatic heterocycles. The van der Waals surface area contributed by atoms with Gasteiger partial charge in [-0.05, 0) is 12.1 Å². The maximum absolute atomic E-state index is 10.7. The summed E-state index contributed by atoms with van der Waals surface area (Å²) in [5.74, 6) is 1.17. The number of aliphatic carboxylic acids is 1. The first kappa shape index (κ1) is 14.9. The number of benzene rings is 1. The Balaban J connectivity index is 1.94.